The first-order valence-electron chi connectivity index (χ1n) is 11.7. The number of benzene rings is 1. The topological polar surface area (TPSA) is 46.5 Å². The van der Waals surface area contributed by atoms with E-state index in [0.29, 0.717) is 0 Å². The Morgan fingerprint density at radius 1 is 0.806 bits per heavy atom. The molecule has 1 aromatic carbocycles. The number of rotatable bonds is 15. The molecule has 0 bridgehead atoms. The molecule has 1 N–H and O–H groups in total. The summed E-state index contributed by atoms with van der Waals surface area (Å²) in [5, 5.41) is 8.74. The van der Waals surface area contributed by atoms with Gasteiger partial charge in [-0.15, -0.1) is 0 Å². The molecule has 0 aliphatic heterocycles. The van der Waals surface area contributed by atoms with Crippen LogP contribution in [0.5, 0.6) is 0 Å². The lowest BCUT2D eigenvalue weighted by Gasteiger charge is -1.99. The van der Waals surface area contributed by atoms with Gasteiger partial charge in [0.05, 0.1) is 0 Å². The third-order valence-corrected chi connectivity index (χ3v) is 4.53. The minimum absolute atomic E-state index is 0.844. The molecule has 3 heteroatoms. The highest BCUT2D eigenvalue weighted by atomic mass is 16.5. The predicted molar refractivity (Wildman–Crippen MR) is 135 cm³/mol. The summed E-state index contributed by atoms with van der Waals surface area (Å²) in [6.07, 6.45) is 25.7. The fraction of sp³-hybridized carbons (Fsp3) is 0.464. The molecule has 1 aromatic rings. The Morgan fingerprint density at radius 2 is 1.39 bits per heavy atom. The summed E-state index contributed by atoms with van der Waals surface area (Å²) in [6, 6.07) is 7.73. The summed E-state index contributed by atoms with van der Waals surface area (Å²) in [5.74, 6) is -0.935. The van der Waals surface area contributed by atoms with Gasteiger partial charge >= 0.3 is 5.97 Å². The van der Waals surface area contributed by atoms with Gasteiger partial charge in [0.2, 0.25) is 0 Å². The van der Waals surface area contributed by atoms with Crippen molar-refractivity contribution in [1.82, 2.24) is 0 Å². The molecule has 0 aliphatic carbocycles. The Bertz CT molecular complexity index is 667. The van der Waals surface area contributed by atoms with Crippen LogP contribution in [0.4, 0.5) is 0 Å². The van der Waals surface area contributed by atoms with Crippen molar-refractivity contribution in [3.8, 4) is 0 Å². The maximum absolute atomic E-state index is 10.6. The molecule has 3 nitrogen and oxygen atoms in total. The number of ether oxygens (including phenoxy) is 1. The van der Waals surface area contributed by atoms with E-state index >= 15 is 0 Å². The second-order valence-electron chi connectivity index (χ2n) is 7.16. The number of carbonyl (C=O) groups is 1. The van der Waals surface area contributed by atoms with Crippen LogP contribution in [0.15, 0.2) is 60.7 Å². The van der Waals surface area contributed by atoms with E-state index in [0.717, 1.165) is 36.8 Å². The molecule has 0 aliphatic rings. The summed E-state index contributed by atoms with van der Waals surface area (Å²) in [6.45, 7) is 7.92. The van der Waals surface area contributed by atoms with Crippen LogP contribution in [0.1, 0.15) is 83.3 Å². The number of aliphatic carboxylic acids is 1. The van der Waals surface area contributed by atoms with E-state index in [9.17, 15) is 4.79 Å². The highest BCUT2D eigenvalue weighted by Gasteiger charge is 1.94. The predicted octanol–water partition coefficient (Wildman–Crippen LogP) is 8.09. The van der Waals surface area contributed by atoms with E-state index in [2.05, 4.69) is 19.1 Å². The molecule has 1 rings (SSSR count). The van der Waals surface area contributed by atoms with Gasteiger partial charge in [-0.2, -0.15) is 0 Å². The number of hydrogen-bond donors (Lipinski definition) is 1. The molecule has 0 aromatic heterocycles. The lowest BCUT2D eigenvalue weighted by Crippen LogP contribution is -1.86. The largest absolute Gasteiger partial charge is 0.478 e. The van der Waals surface area contributed by atoms with Crippen LogP contribution in [0.2, 0.25) is 0 Å². The van der Waals surface area contributed by atoms with Gasteiger partial charge in [-0.3, -0.25) is 0 Å². The lowest BCUT2D eigenvalue weighted by atomic mass is 10.1. The number of unbranched alkanes of at least 4 members (excludes halogenated alkanes) is 7. The zero-order valence-electron chi connectivity index (χ0n) is 19.8. The normalized spacial score (nSPS) is 11.6. The third-order valence-electron chi connectivity index (χ3n) is 4.53. The van der Waals surface area contributed by atoms with Gasteiger partial charge in [0, 0.05) is 19.3 Å². The van der Waals surface area contributed by atoms with Crippen molar-refractivity contribution in [2.24, 2.45) is 0 Å². The van der Waals surface area contributed by atoms with Crippen molar-refractivity contribution in [2.75, 3.05) is 13.2 Å². The average Bonchev–Trinajstić information content (AvgIpc) is 2.77. The second-order valence-corrected chi connectivity index (χ2v) is 7.16. The van der Waals surface area contributed by atoms with Gasteiger partial charge in [0.1, 0.15) is 0 Å². The van der Waals surface area contributed by atoms with Crippen molar-refractivity contribution in [3.05, 3.63) is 71.8 Å². The van der Waals surface area contributed by atoms with Gasteiger partial charge < -0.3 is 9.84 Å². The van der Waals surface area contributed by atoms with Crippen molar-refractivity contribution >= 4 is 18.1 Å². The molecule has 0 amide bonds. The molecule has 0 saturated carbocycles. The summed E-state index contributed by atoms with van der Waals surface area (Å²) in [7, 11) is 0. The van der Waals surface area contributed by atoms with Crippen LogP contribution in [-0.2, 0) is 9.53 Å². The van der Waals surface area contributed by atoms with Crippen molar-refractivity contribution in [3.63, 3.8) is 0 Å². The molecule has 0 fully saturated rings. The van der Waals surface area contributed by atoms with Gasteiger partial charge in [0.25, 0.3) is 0 Å². The summed E-state index contributed by atoms with van der Waals surface area (Å²) in [5.41, 5.74) is 1.90. The number of carboxylic acid groups (broad SMARTS) is 1. The minimum Gasteiger partial charge on any atom is -0.478 e. The molecule has 31 heavy (non-hydrogen) atoms. The lowest BCUT2D eigenvalue weighted by molar-refractivity contribution is -0.131. The number of allylic oxidation sites excluding steroid dienone is 5. The fourth-order valence-corrected chi connectivity index (χ4v) is 2.86. The summed E-state index contributed by atoms with van der Waals surface area (Å²) >= 11 is 0. The summed E-state index contributed by atoms with van der Waals surface area (Å²) < 4.78 is 4.83. The van der Waals surface area contributed by atoms with Gasteiger partial charge in [0.15, 0.2) is 0 Å². The Balaban J connectivity index is 0.00000161. The van der Waals surface area contributed by atoms with E-state index in [-0.39, 0.29) is 0 Å². The van der Waals surface area contributed by atoms with Crippen LogP contribution in [0.25, 0.3) is 12.2 Å². The highest BCUT2D eigenvalue weighted by Crippen LogP contribution is 2.13. The molecule has 0 saturated heterocycles. The molecule has 0 atom stereocenters. The third kappa shape index (κ3) is 19.3. The van der Waals surface area contributed by atoms with Gasteiger partial charge in [-0.05, 0) is 43.9 Å². The average molecular weight is 427 g/mol. The van der Waals surface area contributed by atoms with Crippen LogP contribution in [0.3, 0.4) is 0 Å². The minimum atomic E-state index is -0.935. The second kappa shape index (κ2) is 22.3. The molecule has 0 spiro atoms. The van der Waals surface area contributed by atoms with Gasteiger partial charge in [-0.25, -0.2) is 4.79 Å². The highest BCUT2D eigenvalue weighted by molar-refractivity contribution is 5.86. The van der Waals surface area contributed by atoms with E-state index in [1.165, 1.54) is 44.9 Å². The van der Waals surface area contributed by atoms with Gasteiger partial charge in [-0.1, -0.05) is 106 Å². The van der Waals surface area contributed by atoms with Crippen molar-refractivity contribution in [1.29, 1.82) is 0 Å². The number of carboxylic acids is 1. The molecule has 0 heterocycles. The quantitative estimate of drug-likeness (QED) is 0.175. The molecular formula is C28H42O3. The zero-order chi connectivity index (χ0) is 23.0. The summed E-state index contributed by atoms with van der Waals surface area (Å²) in [4.78, 5) is 10.6. The standard InChI is InChI=1S/C24H32O2.C4H10O/c1-2-3-4-5-6-7-8-9-10-11-12-13-14-17-22-18-15-16-19-23(22)20-21-24(25)26;1-3-5-4-2/h10-21H,2-9H2,1H3,(H,25,26);3-4H2,1-2H3. The first kappa shape index (κ1) is 28.6. The maximum Gasteiger partial charge on any atom is 0.328 e. The zero-order valence-corrected chi connectivity index (χ0v) is 19.8. The Labute approximate surface area is 190 Å². The fourth-order valence-electron chi connectivity index (χ4n) is 2.86. The first-order chi connectivity index (χ1) is 15.2. The Kier molecular flexibility index (Phi) is 20.6. The molecule has 0 radical (unpaired) electrons. The Hall–Kier alpha value is -2.39. The first-order valence-corrected chi connectivity index (χ1v) is 11.7. The monoisotopic (exact) mass is 426 g/mol. The van der Waals surface area contributed by atoms with Crippen molar-refractivity contribution in [2.45, 2.75) is 72.1 Å². The maximum atomic E-state index is 10.6. The Morgan fingerprint density at radius 3 is 1.97 bits per heavy atom. The number of hydrogen-bond acceptors (Lipinski definition) is 2. The van der Waals surface area contributed by atoms with Crippen LogP contribution in [0, 0.1) is 0 Å². The van der Waals surface area contributed by atoms with Crippen LogP contribution in [-0.4, -0.2) is 24.3 Å². The van der Waals surface area contributed by atoms with E-state index in [4.69, 9.17) is 9.84 Å². The SMILES string of the molecule is CCCCCCCCCC=CC=CC=Cc1ccccc1C=CC(=O)O.CCOCC. The van der Waals surface area contributed by atoms with E-state index < -0.39 is 5.97 Å². The molecule has 0 unspecified atom stereocenters. The van der Waals surface area contributed by atoms with Crippen LogP contribution < -0.4 is 0 Å². The van der Waals surface area contributed by atoms with E-state index in [1.54, 1.807) is 6.08 Å². The smallest absolute Gasteiger partial charge is 0.328 e. The van der Waals surface area contributed by atoms with E-state index in [1.807, 2.05) is 62.4 Å². The van der Waals surface area contributed by atoms with Crippen molar-refractivity contribution < 1.29 is 14.6 Å². The molecular weight excluding hydrogens is 384 g/mol. The van der Waals surface area contributed by atoms with Crippen LogP contribution >= 0.6 is 0 Å². The molecule has 172 valence electrons.